The van der Waals surface area contributed by atoms with Crippen molar-refractivity contribution in [1.82, 2.24) is 14.6 Å². The van der Waals surface area contributed by atoms with Gasteiger partial charge in [0.15, 0.2) is 0 Å². The minimum absolute atomic E-state index is 0.00165. The average Bonchev–Trinajstić information content (AvgIpc) is 2.75. The van der Waals surface area contributed by atoms with Gasteiger partial charge in [0.2, 0.25) is 15.9 Å². The lowest BCUT2D eigenvalue weighted by Crippen LogP contribution is -2.40. The smallest absolute Gasteiger partial charge is 0.243 e. The first kappa shape index (κ1) is 22.9. The van der Waals surface area contributed by atoms with Crippen molar-refractivity contribution in [2.24, 2.45) is 0 Å². The van der Waals surface area contributed by atoms with Gasteiger partial charge < -0.3 is 5.32 Å². The third-order valence-corrected chi connectivity index (χ3v) is 6.77. The average molecular weight is 462 g/mol. The minimum Gasteiger partial charge on any atom is -0.351 e. The number of nitrogens with zero attached hydrogens (tertiary/aromatic N) is 2. The van der Waals surface area contributed by atoms with Crippen molar-refractivity contribution in [2.75, 3.05) is 6.54 Å². The highest BCUT2D eigenvalue weighted by Crippen LogP contribution is 2.24. The largest absolute Gasteiger partial charge is 0.351 e. The van der Waals surface area contributed by atoms with Crippen molar-refractivity contribution in [3.05, 3.63) is 94.5 Å². The molecule has 0 saturated heterocycles. The molecule has 31 heavy (non-hydrogen) atoms. The van der Waals surface area contributed by atoms with Crippen LogP contribution in [0.25, 0.3) is 0 Å². The number of carbonyl (C=O) groups is 1. The van der Waals surface area contributed by atoms with Gasteiger partial charge in [-0.1, -0.05) is 35.4 Å². The van der Waals surface area contributed by atoms with Crippen LogP contribution in [-0.2, 0) is 27.9 Å². The first-order chi connectivity index (χ1) is 14.8. The van der Waals surface area contributed by atoms with Crippen molar-refractivity contribution in [1.29, 1.82) is 0 Å². The van der Waals surface area contributed by atoms with Gasteiger partial charge in [-0.3, -0.25) is 9.78 Å². The molecule has 1 amide bonds. The standard InChI is InChI=1S/C22H21ClFN3O3S/c1-16-5-7-18(8-6-16)31(29,30)27(14-19-20(23)3-2-4-21(19)24)15-22(28)26-13-17-9-11-25-12-10-17/h2-12H,13-15H2,1H3,(H,26,28). The molecule has 1 heterocycles. The predicted molar refractivity (Wildman–Crippen MR) is 116 cm³/mol. The van der Waals surface area contributed by atoms with Crippen molar-refractivity contribution in [3.63, 3.8) is 0 Å². The lowest BCUT2D eigenvalue weighted by atomic mass is 10.2. The van der Waals surface area contributed by atoms with Crippen LogP contribution in [0.4, 0.5) is 4.39 Å². The summed E-state index contributed by atoms with van der Waals surface area (Å²) >= 11 is 6.10. The quantitative estimate of drug-likeness (QED) is 0.555. The molecule has 6 nitrogen and oxygen atoms in total. The molecule has 162 valence electrons. The Hall–Kier alpha value is -2.81. The summed E-state index contributed by atoms with van der Waals surface area (Å²) in [6, 6.07) is 13.8. The van der Waals surface area contributed by atoms with Crippen LogP contribution in [0.1, 0.15) is 16.7 Å². The summed E-state index contributed by atoms with van der Waals surface area (Å²) in [6.45, 7) is 1.16. The van der Waals surface area contributed by atoms with Gasteiger partial charge in [-0.15, -0.1) is 0 Å². The van der Waals surface area contributed by atoms with E-state index >= 15 is 0 Å². The van der Waals surface area contributed by atoms with Gasteiger partial charge >= 0.3 is 0 Å². The molecule has 2 aromatic carbocycles. The molecule has 1 N–H and O–H groups in total. The Morgan fingerprint density at radius 1 is 1.10 bits per heavy atom. The fourth-order valence-electron chi connectivity index (χ4n) is 2.86. The van der Waals surface area contributed by atoms with E-state index in [1.54, 1.807) is 36.7 Å². The molecule has 0 aliphatic heterocycles. The van der Waals surface area contributed by atoms with E-state index in [1.165, 1.54) is 30.3 Å². The normalized spacial score (nSPS) is 11.5. The summed E-state index contributed by atoms with van der Waals surface area (Å²) < 4.78 is 41.8. The van der Waals surface area contributed by atoms with E-state index in [0.29, 0.717) is 0 Å². The number of carbonyl (C=O) groups excluding carboxylic acids is 1. The monoisotopic (exact) mass is 461 g/mol. The van der Waals surface area contributed by atoms with Crippen LogP contribution in [-0.4, -0.2) is 30.2 Å². The molecule has 0 fully saturated rings. The van der Waals surface area contributed by atoms with E-state index in [9.17, 15) is 17.6 Å². The summed E-state index contributed by atoms with van der Waals surface area (Å²) in [4.78, 5) is 16.5. The number of pyridine rings is 1. The second kappa shape index (κ2) is 10.00. The van der Waals surface area contributed by atoms with E-state index in [2.05, 4.69) is 10.3 Å². The summed E-state index contributed by atoms with van der Waals surface area (Å²) in [5.74, 6) is -1.17. The summed E-state index contributed by atoms with van der Waals surface area (Å²) in [5.41, 5.74) is 1.70. The first-order valence-corrected chi connectivity index (χ1v) is 11.2. The van der Waals surface area contributed by atoms with Gasteiger partial charge in [-0.2, -0.15) is 4.31 Å². The zero-order chi connectivity index (χ0) is 22.4. The molecule has 0 saturated carbocycles. The second-order valence-corrected chi connectivity index (χ2v) is 9.26. The summed E-state index contributed by atoms with van der Waals surface area (Å²) in [5, 5.41) is 2.76. The molecule has 0 unspecified atom stereocenters. The predicted octanol–water partition coefficient (Wildman–Crippen LogP) is 3.69. The molecule has 0 radical (unpaired) electrons. The van der Waals surface area contributed by atoms with Gasteiger partial charge in [0.1, 0.15) is 5.82 Å². The van der Waals surface area contributed by atoms with Crippen LogP contribution < -0.4 is 5.32 Å². The van der Waals surface area contributed by atoms with E-state index < -0.39 is 28.3 Å². The number of amides is 1. The maximum Gasteiger partial charge on any atom is 0.243 e. The van der Waals surface area contributed by atoms with Gasteiger partial charge in [-0.25, -0.2) is 12.8 Å². The molecule has 0 aliphatic carbocycles. The molecule has 0 bridgehead atoms. The third kappa shape index (κ3) is 5.88. The molecule has 0 spiro atoms. The topological polar surface area (TPSA) is 79.4 Å². The zero-order valence-electron chi connectivity index (χ0n) is 16.8. The van der Waals surface area contributed by atoms with Crippen molar-refractivity contribution in [2.45, 2.75) is 24.9 Å². The fourth-order valence-corrected chi connectivity index (χ4v) is 4.45. The number of aromatic nitrogens is 1. The molecule has 3 rings (SSSR count). The Kier molecular flexibility index (Phi) is 7.37. The highest BCUT2D eigenvalue weighted by molar-refractivity contribution is 7.89. The van der Waals surface area contributed by atoms with Gasteiger partial charge in [-0.05, 0) is 48.9 Å². The first-order valence-electron chi connectivity index (χ1n) is 9.42. The Labute approximate surface area is 185 Å². The number of halogens is 2. The highest BCUT2D eigenvalue weighted by atomic mass is 35.5. The molecular formula is C22H21ClFN3O3S. The van der Waals surface area contributed by atoms with Crippen LogP contribution >= 0.6 is 11.6 Å². The van der Waals surface area contributed by atoms with Gasteiger partial charge in [0, 0.05) is 36.1 Å². The Balaban J connectivity index is 1.86. The summed E-state index contributed by atoms with van der Waals surface area (Å²) in [7, 11) is -4.09. The highest BCUT2D eigenvalue weighted by Gasteiger charge is 2.28. The van der Waals surface area contributed by atoms with Crippen LogP contribution in [0, 0.1) is 12.7 Å². The number of nitrogens with one attached hydrogen (secondary N) is 1. The van der Waals surface area contributed by atoms with Crippen LogP contribution in [0.5, 0.6) is 0 Å². The molecular weight excluding hydrogens is 441 g/mol. The van der Waals surface area contributed by atoms with E-state index in [4.69, 9.17) is 11.6 Å². The second-order valence-electron chi connectivity index (χ2n) is 6.92. The lowest BCUT2D eigenvalue weighted by molar-refractivity contribution is -0.121. The zero-order valence-corrected chi connectivity index (χ0v) is 18.3. The number of benzene rings is 2. The third-order valence-electron chi connectivity index (χ3n) is 4.61. The number of aryl methyl sites for hydroxylation is 1. The van der Waals surface area contributed by atoms with Crippen molar-refractivity contribution in [3.8, 4) is 0 Å². The molecule has 9 heteroatoms. The summed E-state index contributed by atoms with van der Waals surface area (Å²) in [6.07, 6.45) is 3.19. The number of rotatable bonds is 8. The maximum absolute atomic E-state index is 14.3. The lowest BCUT2D eigenvalue weighted by Gasteiger charge is -2.23. The van der Waals surface area contributed by atoms with Crippen molar-refractivity contribution >= 4 is 27.5 Å². The van der Waals surface area contributed by atoms with Crippen molar-refractivity contribution < 1.29 is 17.6 Å². The molecule has 0 aliphatic rings. The molecule has 0 atom stereocenters. The van der Waals surface area contributed by atoms with E-state index in [0.717, 1.165) is 15.4 Å². The van der Waals surface area contributed by atoms with E-state index in [-0.39, 0.29) is 28.6 Å². The number of sulfonamides is 1. The minimum atomic E-state index is -4.09. The molecule has 1 aromatic heterocycles. The Bertz CT molecular complexity index is 1140. The number of hydrogen-bond acceptors (Lipinski definition) is 4. The SMILES string of the molecule is Cc1ccc(S(=O)(=O)N(CC(=O)NCc2ccncc2)Cc2c(F)cccc2Cl)cc1. The van der Waals surface area contributed by atoms with Gasteiger partial charge in [0.25, 0.3) is 0 Å². The fraction of sp³-hybridized carbons (Fsp3) is 0.182. The Morgan fingerprint density at radius 2 is 1.77 bits per heavy atom. The van der Waals surface area contributed by atoms with Crippen LogP contribution in [0.2, 0.25) is 5.02 Å². The van der Waals surface area contributed by atoms with E-state index in [1.807, 2.05) is 6.92 Å². The van der Waals surface area contributed by atoms with Crippen LogP contribution in [0.3, 0.4) is 0 Å². The van der Waals surface area contributed by atoms with Gasteiger partial charge in [0.05, 0.1) is 11.4 Å². The Morgan fingerprint density at radius 3 is 2.42 bits per heavy atom. The molecule has 3 aromatic rings. The maximum atomic E-state index is 14.3. The number of hydrogen-bond donors (Lipinski definition) is 1. The van der Waals surface area contributed by atoms with Crippen LogP contribution in [0.15, 0.2) is 71.9 Å².